The molecule has 128 valence electrons. The van der Waals surface area contributed by atoms with Crippen molar-refractivity contribution in [1.82, 2.24) is 20.3 Å². The summed E-state index contributed by atoms with van der Waals surface area (Å²) in [4.78, 5) is 23.2. The third kappa shape index (κ3) is 4.79. The van der Waals surface area contributed by atoms with E-state index >= 15 is 0 Å². The van der Waals surface area contributed by atoms with Crippen LogP contribution in [0.5, 0.6) is 0 Å². The average Bonchev–Trinajstić information content (AvgIpc) is 2.91. The maximum atomic E-state index is 12.6. The van der Waals surface area contributed by atoms with Crippen molar-refractivity contribution < 1.29 is 14.7 Å². The number of amides is 1. The number of carbonyl (C=O) groups is 2. The van der Waals surface area contributed by atoms with Crippen molar-refractivity contribution in [3.63, 3.8) is 0 Å². The van der Waals surface area contributed by atoms with Crippen LogP contribution in [0, 0.1) is 5.92 Å². The van der Waals surface area contributed by atoms with E-state index in [4.69, 9.17) is 16.7 Å². The third-order valence-corrected chi connectivity index (χ3v) is 3.72. The number of hydrogen-bond acceptors (Lipinski definition) is 4. The molecule has 2 N–H and O–H groups in total. The molecule has 24 heavy (non-hydrogen) atoms. The Bertz CT molecular complexity index is 730. The zero-order valence-corrected chi connectivity index (χ0v) is 14.2. The zero-order chi connectivity index (χ0) is 17.7. The SMILES string of the molecule is CC(C)C(C(=O)NCc1cn(CC(=O)O)nn1)c1cccc(Cl)c1. The smallest absolute Gasteiger partial charge is 0.325 e. The molecular weight excluding hydrogens is 332 g/mol. The minimum atomic E-state index is -1.00. The fourth-order valence-corrected chi connectivity index (χ4v) is 2.66. The van der Waals surface area contributed by atoms with E-state index in [0.29, 0.717) is 10.7 Å². The van der Waals surface area contributed by atoms with E-state index in [1.807, 2.05) is 26.0 Å². The van der Waals surface area contributed by atoms with Crippen LogP contribution in [0.1, 0.15) is 31.0 Å². The van der Waals surface area contributed by atoms with Crippen molar-refractivity contribution in [3.8, 4) is 0 Å². The molecule has 2 aromatic rings. The molecule has 1 heterocycles. The lowest BCUT2D eigenvalue weighted by atomic mass is 9.87. The van der Waals surface area contributed by atoms with Crippen LogP contribution in [0.15, 0.2) is 30.5 Å². The molecule has 7 nitrogen and oxygen atoms in total. The van der Waals surface area contributed by atoms with Crippen LogP contribution in [0.4, 0.5) is 0 Å². The fraction of sp³-hybridized carbons (Fsp3) is 0.375. The molecule has 0 aliphatic carbocycles. The minimum Gasteiger partial charge on any atom is -0.480 e. The number of benzene rings is 1. The summed E-state index contributed by atoms with van der Waals surface area (Å²) in [5, 5.41) is 19.7. The van der Waals surface area contributed by atoms with Gasteiger partial charge in [-0.2, -0.15) is 0 Å². The highest BCUT2D eigenvalue weighted by Gasteiger charge is 2.24. The highest BCUT2D eigenvalue weighted by molar-refractivity contribution is 6.30. The van der Waals surface area contributed by atoms with E-state index in [1.54, 1.807) is 12.1 Å². The first-order valence-corrected chi connectivity index (χ1v) is 7.88. The summed E-state index contributed by atoms with van der Waals surface area (Å²) in [7, 11) is 0. The van der Waals surface area contributed by atoms with Crippen molar-refractivity contribution in [2.75, 3.05) is 0 Å². The first-order chi connectivity index (χ1) is 11.4. The summed E-state index contributed by atoms with van der Waals surface area (Å²) >= 11 is 6.01. The maximum absolute atomic E-state index is 12.6. The first kappa shape index (κ1) is 17.9. The lowest BCUT2D eigenvalue weighted by Crippen LogP contribution is -2.31. The molecule has 1 unspecified atom stereocenters. The van der Waals surface area contributed by atoms with Gasteiger partial charge in [0.05, 0.1) is 18.7 Å². The number of nitrogens with one attached hydrogen (secondary N) is 1. The number of aromatic nitrogens is 3. The Morgan fingerprint density at radius 2 is 2.12 bits per heavy atom. The molecule has 2 rings (SSSR count). The standard InChI is InChI=1S/C16H19ClN4O3/c1-10(2)15(11-4-3-5-12(17)6-11)16(24)18-7-13-8-21(20-19-13)9-14(22)23/h3-6,8,10,15H,7,9H2,1-2H3,(H,18,24)(H,22,23). The molecule has 1 atom stereocenters. The topological polar surface area (TPSA) is 97.1 Å². The second kappa shape index (κ2) is 7.92. The van der Waals surface area contributed by atoms with Gasteiger partial charge >= 0.3 is 5.97 Å². The van der Waals surface area contributed by atoms with Gasteiger partial charge in [-0.1, -0.05) is 42.8 Å². The van der Waals surface area contributed by atoms with Crippen molar-refractivity contribution in [2.45, 2.75) is 32.9 Å². The van der Waals surface area contributed by atoms with Crippen LogP contribution in [-0.4, -0.2) is 32.0 Å². The molecule has 0 aliphatic heterocycles. The predicted molar refractivity (Wildman–Crippen MR) is 88.5 cm³/mol. The first-order valence-electron chi connectivity index (χ1n) is 7.50. The number of aliphatic carboxylic acids is 1. The minimum absolute atomic E-state index is 0.0890. The summed E-state index contributed by atoms with van der Waals surface area (Å²) in [6.07, 6.45) is 1.50. The molecule has 0 saturated carbocycles. The van der Waals surface area contributed by atoms with E-state index < -0.39 is 5.97 Å². The number of carbonyl (C=O) groups excluding carboxylic acids is 1. The van der Waals surface area contributed by atoms with Crippen LogP contribution in [0.3, 0.4) is 0 Å². The van der Waals surface area contributed by atoms with Crippen molar-refractivity contribution in [1.29, 1.82) is 0 Å². The molecule has 0 fully saturated rings. The van der Waals surface area contributed by atoms with Crippen LogP contribution in [-0.2, 0) is 22.7 Å². The van der Waals surface area contributed by atoms with Crippen molar-refractivity contribution in [2.24, 2.45) is 5.92 Å². The van der Waals surface area contributed by atoms with Crippen LogP contribution in [0.2, 0.25) is 5.02 Å². The van der Waals surface area contributed by atoms with Gasteiger partial charge in [0, 0.05) is 5.02 Å². The maximum Gasteiger partial charge on any atom is 0.325 e. The third-order valence-electron chi connectivity index (χ3n) is 3.48. The van der Waals surface area contributed by atoms with Crippen LogP contribution in [0.25, 0.3) is 0 Å². The summed E-state index contributed by atoms with van der Waals surface area (Å²) in [5.41, 5.74) is 1.35. The van der Waals surface area contributed by atoms with Gasteiger partial charge in [0.25, 0.3) is 0 Å². The number of carboxylic acids is 1. The Morgan fingerprint density at radius 3 is 2.75 bits per heavy atom. The second-order valence-electron chi connectivity index (χ2n) is 5.80. The second-order valence-corrected chi connectivity index (χ2v) is 6.23. The van der Waals surface area contributed by atoms with E-state index in [2.05, 4.69) is 15.6 Å². The molecule has 0 radical (unpaired) electrons. The van der Waals surface area contributed by atoms with Gasteiger partial charge in [-0.05, 0) is 23.6 Å². The lowest BCUT2D eigenvalue weighted by Gasteiger charge is -2.20. The number of halogens is 1. The van der Waals surface area contributed by atoms with Gasteiger partial charge in [-0.25, -0.2) is 4.68 Å². The van der Waals surface area contributed by atoms with Gasteiger partial charge in [0.15, 0.2) is 0 Å². The monoisotopic (exact) mass is 350 g/mol. The normalized spacial score (nSPS) is 12.2. The molecule has 0 bridgehead atoms. The van der Waals surface area contributed by atoms with Gasteiger partial charge in [0.1, 0.15) is 12.2 Å². The molecule has 1 amide bonds. The Balaban J connectivity index is 2.03. The molecule has 0 saturated heterocycles. The Labute approximate surface area is 144 Å². The molecule has 1 aromatic heterocycles. The number of carboxylic acid groups (broad SMARTS) is 1. The van der Waals surface area contributed by atoms with Gasteiger partial charge in [-0.3, -0.25) is 9.59 Å². The van der Waals surface area contributed by atoms with Gasteiger partial charge in [0.2, 0.25) is 5.91 Å². The van der Waals surface area contributed by atoms with Gasteiger partial charge < -0.3 is 10.4 Å². The van der Waals surface area contributed by atoms with Crippen LogP contribution >= 0.6 is 11.6 Å². The number of rotatable bonds is 7. The molecule has 0 aliphatic rings. The van der Waals surface area contributed by atoms with Crippen LogP contribution < -0.4 is 5.32 Å². The summed E-state index contributed by atoms with van der Waals surface area (Å²) in [5.74, 6) is -1.39. The fourth-order valence-electron chi connectivity index (χ4n) is 2.46. The van der Waals surface area contributed by atoms with E-state index in [0.717, 1.165) is 5.56 Å². The summed E-state index contributed by atoms with van der Waals surface area (Å²) in [6, 6.07) is 7.24. The quantitative estimate of drug-likeness (QED) is 0.796. The highest BCUT2D eigenvalue weighted by Crippen LogP contribution is 2.26. The largest absolute Gasteiger partial charge is 0.480 e. The Hall–Kier alpha value is -2.41. The van der Waals surface area contributed by atoms with E-state index in [1.165, 1.54) is 10.9 Å². The molecular formula is C16H19ClN4O3. The predicted octanol–water partition coefficient (Wildman–Crippen LogP) is 2.07. The van der Waals surface area contributed by atoms with Crippen molar-refractivity contribution in [3.05, 3.63) is 46.7 Å². The molecule has 1 aromatic carbocycles. The van der Waals surface area contributed by atoms with Crippen molar-refractivity contribution >= 4 is 23.5 Å². The van der Waals surface area contributed by atoms with Gasteiger partial charge in [-0.15, -0.1) is 5.10 Å². The zero-order valence-electron chi connectivity index (χ0n) is 13.4. The molecule has 0 spiro atoms. The number of hydrogen-bond donors (Lipinski definition) is 2. The summed E-state index contributed by atoms with van der Waals surface area (Å²) < 4.78 is 1.21. The lowest BCUT2D eigenvalue weighted by molar-refractivity contribution is -0.138. The highest BCUT2D eigenvalue weighted by atomic mass is 35.5. The average molecular weight is 351 g/mol. The Morgan fingerprint density at radius 1 is 1.38 bits per heavy atom. The number of nitrogens with zero attached hydrogens (tertiary/aromatic N) is 3. The Kier molecular flexibility index (Phi) is 5.92. The van der Waals surface area contributed by atoms with E-state index in [-0.39, 0.29) is 30.8 Å². The van der Waals surface area contributed by atoms with E-state index in [9.17, 15) is 9.59 Å². The summed E-state index contributed by atoms with van der Waals surface area (Å²) in [6.45, 7) is 3.85. The molecule has 8 heteroatoms.